The van der Waals surface area contributed by atoms with Crippen LogP contribution in [0.3, 0.4) is 0 Å². The normalized spacial score (nSPS) is 10.0. The lowest BCUT2D eigenvalue weighted by atomic mass is 10.1. The predicted octanol–water partition coefficient (Wildman–Crippen LogP) is -0.870. The van der Waals surface area contributed by atoms with Crippen LogP contribution in [0.15, 0.2) is 29.4 Å². The standard InChI is InChI=1S/C9H8N2O3/c12-6-11-10-5-7-1-3-8(4-2-7)9(13)14/h1-6H,(H,11,12)(H,13,14)/p-1/b10-5-. The van der Waals surface area contributed by atoms with E-state index < -0.39 is 5.97 Å². The topological polar surface area (TPSA) is 81.6 Å². The van der Waals surface area contributed by atoms with Crippen LogP contribution in [0.25, 0.3) is 0 Å². The third kappa shape index (κ3) is 2.71. The molecule has 1 N–H and O–H groups in total. The molecule has 0 heterocycles. The lowest BCUT2D eigenvalue weighted by Crippen LogP contribution is -2.21. The molecule has 0 aliphatic heterocycles. The highest BCUT2D eigenvalue weighted by Gasteiger charge is 1.92. The van der Waals surface area contributed by atoms with Crippen molar-refractivity contribution in [3.8, 4) is 0 Å². The van der Waals surface area contributed by atoms with Gasteiger partial charge in [0.25, 0.3) is 0 Å². The molecular weight excluding hydrogens is 184 g/mol. The lowest BCUT2D eigenvalue weighted by Gasteiger charge is -2.00. The van der Waals surface area contributed by atoms with Crippen LogP contribution in [-0.4, -0.2) is 18.6 Å². The zero-order valence-corrected chi connectivity index (χ0v) is 7.14. The number of hydrazone groups is 1. The predicted molar refractivity (Wildman–Crippen MR) is 47.6 cm³/mol. The van der Waals surface area contributed by atoms with Crippen molar-refractivity contribution >= 4 is 18.6 Å². The Kier molecular flexibility index (Phi) is 3.37. The molecule has 0 aliphatic rings. The number of amides is 1. The molecule has 0 fully saturated rings. The third-order valence-corrected chi connectivity index (χ3v) is 1.49. The number of nitrogens with one attached hydrogen (secondary N) is 1. The molecule has 72 valence electrons. The Balaban J connectivity index is 2.73. The quantitative estimate of drug-likeness (QED) is 0.381. The van der Waals surface area contributed by atoms with Crippen molar-refractivity contribution in [2.75, 3.05) is 0 Å². The number of benzene rings is 1. The summed E-state index contributed by atoms with van der Waals surface area (Å²) in [6.07, 6.45) is 1.83. The van der Waals surface area contributed by atoms with Gasteiger partial charge in [0.1, 0.15) is 0 Å². The first-order valence-electron chi connectivity index (χ1n) is 3.77. The Morgan fingerprint density at radius 3 is 2.50 bits per heavy atom. The highest BCUT2D eigenvalue weighted by molar-refractivity contribution is 5.87. The van der Waals surface area contributed by atoms with Crippen molar-refractivity contribution in [1.29, 1.82) is 0 Å². The molecule has 0 aliphatic carbocycles. The smallest absolute Gasteiger partial charge is 0.227 e. The van der Waals surface area contributed by atoms with E-state index in [-0.39, 0.29) is 5.56 Å². The average molecular weight is 191 g/mol. The van der Waals surface area contributed by atoms with E-state index in [1.807, 2.05) is 0 Å². The second-order valence-electron chi connectivity index (χ2n) is 2.41. The SMILES string of the molecule is O=CN/N=C\c1ccc(C(=O)[O-])cc1. The zero-order chi connectivity index (χ0) is 10.4. The monoisotopic (exact) mass is 191 g/mol. The Morgan fingerprint density at radius 1 is 1.36 bits per heavy atom. The van der Waals surface area contributed by atoms with Gasteiger partial charge in [-0.15, -0.1) is 0 Å². The number of carboxylic acids is 1. The van der Waals surface area contributed by atoms with Crippen LogP contribution in [-0.2, 0) is 4.79 Å². The fourth-order valence-electron chi connectivity index (χ4n) is 0.848. The molecule has 1 aromatic carbocycles. The molecule has 1 aromatic rings. The molecule has 0 saturated heterocycles. The van der Waals surface area contributed by atoms with E-state index in [2.05, 4.69) is 10.5 Å². The highest BCUT2D eigenvalue weighted by Crippen LogP contribution is 2.00. The Bertz CT molecular complexity index is 357. The summed E-state index contributed by atoms with van der Waals surface area (Å²) in [4.78, 5) is 20.2. The minimum Gasteiger partial charge on any atom is -0.545 e. The molecule has 0 spiro atoms. The first-order valence-corrected chi connectivity index (χ1v) is 3.77. The van der Waals surface area contributed by atoms with E-state index in [0.29, 0.717) is 12.0 Å². The summed E-state index contributed by atoms with van der Waals surface area (Å²) in [6.45, 7) is 0. The van der Waals surface area contributed by atoms with Crippen molar-refractivity contribution < 1.29 is 14.7 Å². The molecule has 1 rings (SSSR count). The zero-order valence-electron chi connectivity index (χ0n) is 7.14. The molecule has 1 amide bonds. The van der Waals surface area contributed by atoms with E-state index >= 15 is 0 Å². The van der Waals surface area contributed by atoms with Gasteiger partial charge >= 0.3 is 0 Å². The summed E-state index contributed by atoms with van der Waals surface area (Å²) in [5.74, 6) is -1.22. The second-order valence-corrected chi connectivity index (χ2v) is 2.41. The van der Waals surface area contributed by atoms with Gasteiger partial charge in [0.15, 0.2) is 0 Å². The van der Waals surface area contributed by atoms with Gasteiger partial charge in [0, 0.05) is 0 Å². The fraction of sp³-hybridized carbons (Fsp3) is 0. The van der Waals surface area contributed by atoms with Gasteiger partial charge in [-0.25, -0.2) is 5.43 Å². The molecule has 0 radical (unpaired) electrons. The Hall–Kier alpha value is -2.17. The van der Waals surface area contributed by atoms with Gasteiger partial charge in [-0.3, -0.25) is 4.79 Å². The number of carboxylic acid groups (broad SMARTS) is 1. The van der Waals surface area contributed by atoms with Gasteiger partial charge < -0.3 is 9.90 Å². The van der Waals surface area contributed by atoms with Crippen molar-refractivity contribution in [3.63, 3.8) is 0 Å². The maximum atomic E-state index is 10.4. The van der Waals surface area contributed by atoms with Crippen LogP contribution < -0.4 is 10.5 Å². The number of carbonyl (C=O) groups is 2. The van der Waals surface area contributed by atoms with Crippen LogP contribution in [0.4, 0.5) is 0 Å². The summed E-state index contributed by atoms with van der Waals surface area (Å²) in [5, 5.41) is 13.9. The number of aromatic carboxylic acids is 1. The molecule has 0 atom stereocenters. The Labute approximate surface area is 80.1 Å². The molecule has 0 aromatic heterocycles. The average Bonchev–Trinajstić information content (AvgIpc) is 2.19. The van der Waals surface area contributed by atoms with E-state index in [1.54, 1.807) is 12.1 Å². The fourth-order valence-corrected chi connectivity index (χ4v) is 0.848. The number of hydrogen-bond acceptors (Lipinski definition) is 4. The molecule has 0 unspecified atom stereocenters. The maximum Gasteiger partial charge on any atom is 0.227 e. The highest BCUT2D eigenvalue weighted by atomic mass is 16.4. The van der Waals surface area contributed by atoms with Gasteiger partial charge in [-0.05, 0) is 11.1 Å². The second kappa shape index (κ2) is 4.76. The van der Waals surface area contributed by atoms with Gasteiger partial charge in [-0.1, -0.05) is 24.3 Å². The van der Waals surface area contributed by atoms with Crippen molar-refractivity contribution in [2.24, 2.45) is 5.10 Å². The molecule has 5 nitrogen and oxygen atoms in total. The number of carbonyl (C=O) groups excluding carboxylic acids is 2. The van der Waals surface area contributed by atoms with Crippen LogP contribution in [0, 0.1) is 0 Å². The van der Waals surface area contributed by atoms with Gasteiger partial charge in [0.05, 0.1) is 12.2 Å². The summed E-state index contributed by atoms with van der Waals surface area (Å²) in [5.41, 5.74) is 2.88. The summed E-state index contributed by atoms with van der Waals surface area (Å²) in [6, 6.07) is 5.91. The molecule has 5 heteroatoms. The Morgan fingerprint density at radius 2 is 2.00 bits per heavy atom. The van der Waals surface area contributed by atoms with Crippen LogP contribution in [0.1, 0.15) is 15.9 Å². The molecule has 0 bridgehead atoms. The summed E-state index contributed by atoms with van der Waals surface area (Å²) < 4.78 is 0. The minimum atomic E-state index is -1.22. The van der Waals surface area contributed by atoms with E-state index in [1.165, 1.54) is 18.3 Å². The molecule has 0 saturated carbocycles. The van der Waals surface area contributed by atoms with Gasteiger partial charge in [0.2, 0.25) is 6.41 Å². The van der Waals surface area contributed by atoms with Crippen molar-refractivity contribution in [3.05, 3.63) is 35.4 Å². The van der Waals surface area contributed by atoms with Gasteiger partial charge in [-0.2, -0.15) is 5.10 Å². The molecular formula is C9H7N2O3-. The van der Waals surface area contributed by atoms with E-state index in [9.17, 15) is 14.7 Å². The lowest BCUT2D eigenvalue weighted by molar-refractivity contribution is -0.255. The number of rotatable bonds is 4. The van der Waals surface area contributed by atoms with Crippen LogP contribution in [0.2, 0.25) is 0 Å². The minimum absolute atomic E-state index is 0.102. The summed E-state index contributed by atoms with van der Waals surface area (Å²) in [7, 11) is 0. The van der Waals surface area contributed by atoms with Crippen molar-refractivity contribution in [2.45, 2.75) is 0 Å². The first-order chi connectivity index (χ1) is 6.74. The first kappa shape index (κ1) is 9.91. The van der Waals surface area contributed by atoms with Crippen LogP contribution in [0.5, 0.6) is 0 Å². The van der Waals surface area contributed by atoms with Crippen LogP contribution >= 0.6 is 0 Å². The van der Waals surface area contributed by atoms with Crippen molar-refractivity contribution in [1.82, 2.24) is 5.43 Å². The third-order valence-electron chi connectivity index (χ3n) is 1.49. The van der Waals surface area contributed by atoms with E-state index in [4.69, 9.17) is 0 Å². The molecule has 14 heavy (non-hydrogen) atoms. The maximum absolute atomic E-state index is 10.4. The largest absolute Gasteiger partial charge is 0.545 e. The summed E-state index contributed by atoms with van der Waals surface area (Å²) >= 11 is 0. The number of nitrogens with zero attached hydrogens (tertiary/aromatic N) is 1. The number of hydrogen-bond donors (Lipinski definition) is 1. The van der Waals surface area contributed by atoms with E-state index in [0.717, 1.165) is 0 Å².